The van der Waals surface area contributed by atoms with Crippen LogP contribution < -0.4 is 10.5 Å². The topological polar surface area (TPSA) is 44.5 Å². The van der Waals surface area contributed by atoms with Gasteiger partial charge in [-0.1, -0.05) is 6.07 Å². The molecule has 0 saturated heterocycles. The molecule has 1 aromatic carbocycles. The van der Waals surface area contributed by atoms with Crippen LogP contribution in [0.4, 0.5) is 13.2 Å². The maximum absolute atomic E-state index is 12.1. The normalized spacial score (nSPS) is 22.0. The number of benzene rings is 1. The lowest BCUT2D eigenvalue weighted by Gasteiger charge is -2.31. The average Bonchev–Trinajstić information content (AvgIpc) is 2.44. The number of rotatable bonds is 5. The third-order valence-electron chi connectivity index (χ3n) is 3.74. The van der Waals surface area contributed by atoms with Crippen LogP contribution in [-0.2, 0) is 11.2 Å². The van der Waals surface area contributed by atoms with Crippen molar-refractivity contribution in [1.82, 2.24) is 0 Å². The number of ether oxygens (including phenoxy) is 2. The standard InChI is InChI=1S/C15H20F3NO2/c1-20-11-4-5-12-10(9-11)3-6-13(14(12)19)21-8-2-7-15(16,17)18/h4-5,9,13-14H,2-3,6-8,19H2,1H3. The molecular formula is C15H20F3NO2. The molecule has 1 aliphatic rings. The van der Waals surface area contributed by atoms with Crippen LogP contribution in [0.15, 0.2) is 18.2 Å². The third kappa shape index (κ3) is 4.35. The van der Waals surface area contributed by atoms with E-state index in [4.69, 9.17) is 15.2 Å². The number of aryl methyl sites for hydroxylation is 1. The summed E-state index contributed by atoms with van der Waals surface area (Å²) in [4.78, 5) is 0. The van der Waals surface area contributed by atoms with E-state index in [0.717, 1.165) is 23.3 Å². The first kappa shape index (κ1) is 16.1. The maximum atomic E-state index is 12.1. The van der Waals surface area contributed by atoms with E-state index in [1.54, 1.807) is 7.11 Å². The van der Waals surface area contributed by atoms with E-state index in [-0.39, 0.29) is 25.2 Å². The molecule has 2 N–H and O–H groups in total. The molecule has 0 radical (unpaired) electrons. The van der Waals surface area contributed by atoms with Crippen LogP contribution in [0.1, 0.15) is 36.4 Å². The molecule has 2 unspecified atom stereocenters. The minimum absolute atomic E-state index is 0.0256. The fourth-order valence-corrected chi connectivity index (χ4v) is 2.62. The molecule has 0 spiro atoms. The lowest BCUT2D eigenvalue weighted by atomic mass is 9.86. The minimum atomic E-state index is -4.12. The highest BCUT2D eigenvalue weighted by Gasteiger charge is 2.29. The van der Waals surface area contributed by atoms with E-state index in [1.165, 1.54) is 0 Å². The number of nitrogens with two attached hydrogens (primary N) is 1. The average molecular weight is 303 g/mol. The predicted molar refractivity (Wildman–Crippen MR) is 73.3 cm³/mol. The van der Waals surface area contributed by atoms with Crippen LogP contribution in [0.3, 0.4) is 0 Å². The van der Waals surface area contributed by atoms with E-state index in [2.05, 4.69) is 0 Å². The summed E-state index contributed by atoms with van der Waals surface area (Å²) in [5, 5.41) is 0. The molecular weight excluding hydrogens is 283 g/mol. The number of alkyl halides is 3. The Kier molecular flexibility index (Phi) is 5.11. The summed E-state index contributed by atoms with van der Waals surface area (Å²) in [7, 11) is 1.61. The highest BCUT2D eigenvalue weighted by Crippen LogP contribution is 2.32. The van der Waals surface area contributed by atoms with Crippen LogP contribution in [0.5, 0.6) is 5.75 Å². The minimum Gasteiger partial charge on any atom is -0.497 e. The van der Waals surface area contributed by atoms with Crippen LogP contribution in [0, 0.1) is 0 Å². The lowest BCUT2D eigenvalue weighted by molar-refractivity contribution is -0.139. The number of hydrogen-bond donors (Lipinski definition) is 1. The van der Waals surface area contributed by atoms with Crippen molar-refractivity contribution in [3.8, 4) is 5.75 Å². The largest absolute Gasteiger partial charge is 0.497 e. The lowest BCUT2D eigenvalue weighted by Crippen LogP contribution is -2.34. The van der Waals surface area contributed by atoms with Gasteiger partial charge in [0.2, 0.25) is 0 Å². The van der Waals surface area contributed by atoms with Crippen molar-refractivity contribution < 1.29 is 22.6 Å². The van der Waals surface area contributed by atoms with Gasteiger partial charge in [-0.15, -0.1) is 0 Å². The molecule has 2 atom stereocenters. The highest BCUT2D eigenvalue weighted by molar-refractivity contribution is 5.39. The Morgan fingerprint density at radius 1 is 1.33 bits per heavy atom. The second-order valence-corrected chi connectivity index (χ2v) is 5.26. The van der Waals surface area contributed by atoms with Crippen LogP contribution >= 0.6 is 0 Å². The fraction of sp³-hybridized carbons (Fsp3) is 0.600. The van der Waals surface area contributed by atoms with E-state index < -0.39 is 12.6 Å². The first-order chi connectivity index (χ1) is 9.90. The van der Waals surface area contributed by atoms with Crippen molar-refractivity contribution in [2.24, 2.45) is 5.73 Å². The summed E-state index contributed by atoms with van der Waals surface area (Å²) in [6, 6.07) is 5.40. The van der Waals surface area contributed by atoms with E-state index in [1.807, 2.05) is 18.2 Å². The smallest absolute Gasteiger partial charge is 0.389 e. The van der Waals surface area contributed by atoms with Gasteiger partial charge >= 0.3 is 6.18 Å². The second-order valence-electron chi connectivity index (χ2n) is 5.26. The molecule has 0 saturated carbocycles. The van der Waals surface area contributed by atoms with Crippen molar-refractivity contribution in [1.29, 1.82) is 0 Å². The number of methoxy groups -OCH3 is 1. The molecule has 0 bridgehead atoms. The van der Waals surface area contributed by atoms with Crippen molar-refractivity contribution in [3.05, 3.63) is 29.3 Å². The third-order valence-corrected chi connectivity index (χ3v) is 3.74. The number of hydrogen-bond acceptors (Lipinski definition) is 3. The Bertz CT molecular complexity index is 476. The van der Waals surface area contributed by atoms with Crippen molar-refractivity contribution >= 4 is 0 Å². The SMILES string of the molecule is COc1ccc2c(c1)CCC(OCCCC(F)(F)F)C2N. The van der Waals surface area contributed by atoms with Crippen molar-refractivity contribution in [3.63, 3.8) is 0 Å². The quantitative estimate of drug-likeness (QED) is 0.848. The Morgan fingerprint density at radius 2 is 2.10 bits per heavy atom. The van der Waals surface area contributed by atoms with Crippen LogP contribution in [0.25, 0.3) is 0 Å². The second kappa shape index (κ2) is 6.66. The molecule has 6 heteroatoms. The van der Waals surface area contributed by atoms with Gasteiger partial charge < -0.3 is 15.2 Å². The van der Waals surface area contributed by atoms with Gasteiger partial charge in [0.15, 0.2) is 0 Å². The Hall–Kier alpha value is -1.27. The summed E-state index contributed by atoms with van der Waals surface area (Å²) in [6.45, 7) is 0.0867. The van der Waals surface area contributed by atoms with Gasteiger partial charge in [0, 0.05) is 13.0 Å². The van der Waals surface area contributed by atoms with Gasteiger partial charge in [-0.25, -0.2) is 0 Å². The van der Waals surface area contributed by atoms with Crippen molar-refractivity contribution in [2.75, 3.05) is 13.7 Å². The Labute approximate surface area is 122 Å². The molecule has 0 fully saturated rings. The predicted octanol–water partition coefficient (Wildman–Crippen LogP) is 3.37. The van der Waals surface area contributed by atoms with Gasteiger partial charge in [-0.05, 0) is 42.5 Å². The fourth-order valence-electron chi connectivity index (χ4n) is 2.62. The van der Waals surface area contributed by atoms with E-state index >= 15 is 0 Å². The Morgan fingerprint density at radius 3 is 2.76 bits per heavy atom. The van der Waals surface area contributed by atoms with Gasteiger partial charge in [-0.2, -0.15) is 13.2 Å². The molecule has 0 aromatic heterocycles. The molecule has 1 aliphatic carbocycles. The molecule has 21 heavy (non-hydrogen) atoms. The van der Waals surface area contributed by atoms with Gasteiger partial charge in [-0.3, -0.25) is 0 Å². The van der Waals surface area contributed by atoms with Crippen LogP contribution in [-0.4, -0.2) is 26.0 Å². The monoisotopic (exact) mass is 303 g/mol. The number of fused-ring (bicyclic) bond motifs is 1. The summed E-state index contributed by atoms with van der Waals surface area (Å²) in [6.07, 6.45) is -3.68. The van der Waals surface area contributed by atoms with Gasteiger partial charge in [0.25, 0.3) is 0 Å². The van der Waals surface area contributed by atoms with E-state index in [9.17, 15) is 13.2 Å². The summed E-state index contributed by atoms with van der Waals surface area (Å²) in [5.41, 5.74) is 8.27. The summed E-state index contributed by atoms with van der Waals surface area (Å²) >= 11 is 0. The molecule has 3 nitrogen and oxygen atoms in total. The molecule has 2 rings (SSSR count). The van der Waals surface area contributed by atoms with Crippen molar-refractivity contribution in [2.45, 2.75) is 44.0 Å². The van der Waals surface area contributed by atoms with Gasteiger partial charge in [0.1, 0.15) is 5.75 Å². The van der Waals surface area contributed by atoms with Gasteiger partial charge in [0.05, 0.1) is 19.3 Å². The highest BCUT2D eigenvalue weighted by atomic mass is 19.4. The zero-order chi connectivity index (χ0) is 15.5. The zero-order valence-corrected chi connectivity index (χ0v) is 12.0. The maximum Gasteiger partial charge on any atom is 0.389 e. The zero-order valence-electron chi connectivity index (χ0n) is 12.0. The molecule has 118 valence electrons. The Balaban J connectivity index is 1.90. The first-order valence-electron chi connectivity index (χ1n) is 7.01. The van der Waals surface area contributed by atoms with E-state index in [0.29, 0.717) is 6.42 Å². The van der Waals surface area contributed by atoms with Crippen LogP contribution in [0.2, 0.25) is 0 Å². The first-order valence-corrected chi connectivity index (χ1v) is 7.01. The summed E-state index contributed by atoms with van der Waals surface area (Å²) < 4.78 is 46.9. The number of halogens is 3. The summed E-state index contributed by atoms with van der Waals surface area (Å²) in [5.74, 6) is 0.783. The molecule has 0 aliphatic heterocycles. The molecule has 1 aromatic rings. The molecule has 0 amide bonds. The molecule has 0 heterocycles.